The van der Waals surface area contributed by atoms with Gasteiger partial charge in [0.2, 0.25) is 0 Å². The molecule has 0 unspecified atom stereocenters. The van der Waals surface area contributed by atoms with Crippen molar-refractivity contribution in [2.45, 2.75) is 0 Å². The molecule has 0 amide bonds. The predicted molar refractivity (Wildman–Crippen MR) is 62.2 cm³/mol. The van der Waals surface area contributed by atoms with Crippen molar-refractivity contribution in [2.24, 2.45) is 0 Å². The van der Waals surface area contributed by atoms with E-state index in [1.807, 2.05) is 0 Å². The van der Waals surface area contributed by atoms with Crippen LogP contribution in [0.4, 0.5) is 0 Å². The molecule has 4 nitrogen and oxygen atoms in total. The first kappa shape index (κ1) is 11.1. The molecule has 86 valence electrons. The minimum Gasteiger partial charge on any atom is -0.497 e. The summed E-state index contributed by atoms with van der Waals surface area (Å²) < 4.78 is 10.2. The van der Waals surface area contributed by atoms with Gasteiger partial charge in [-0.3, -0.25) is 4.98 Å². The Kier molecular flexibility index (Phi) is 3.35. The van der Waals surface area contributed by atoms with Crippen molar-refractivity contribution in [3.63, 3.8) is 0 Å². The highest BCUT2D eigenvalue weighted by Gasteiger charge is 2.09. The van der Waals surface area contributed by atoms with Gasteiger partial charge < -0.3 is 9.47 Å². The first-order valence-electron chi connectivity index (χ1n) is 5.06. The molecule has 2 aromatic rings. The first-order valence-corrected chi connectivity index (χ1v) is 5.06. The van der Waals surface area contributed by atoms with Crippen LogP contribution in [0.1, 0.15) is 10.4 Å². The van der Waals surface area contributed by atoms with Crippen molar-refractivity contribution < 1.29 is 14.3 Å². The van der Waals surface area contributed by atoms with E-state index in [2.05, 4.69) is 4.98 Å². The smallest absolute Gasteiger partial charge is 0.343 e. The molecule has 17 heavy (non-hydrogen) atoms. The molecule has 0 aliphatic rings. The molecular weight excluding hydrogens is 218 g/mol. The summed E-state index contributed by atoms with van der Waals surface area (Å²) in [5.74, 6) is 0.600. The Hall–Kier alpha value is -2.36. The second kappa shape index (κ2) is 5.12. The van der Waals surface area contributed by atoms with Gasteiger partial charge in [0, 0.05) is 6.20 Å². The van der Waals surface area contributed by atoms with Crippen LogP contribution in [0, 0.1) is 0 Å². The molecular formula is C13H11NO3. The van der Waals surface area contributed by atoms with Gasteiger partial charge in [0.25, 0.3) is 0 Å². The number of esters is 1. The third kappa shape index (κ3) is 2.81. The summed E-state index contributed by atoms with van der Waals surface area (Å²) in [7, 11) is 1.55. The molecule has 0 radical (unpaired) electrons. The Morgan fingerprint density at radius 1 is 1.18 bits per heavy atom. The van der Waals surface area contributed by atoms with Crippen LogP contribution in [0.3, 0.4) is 0 Å². The van der Waals surface area contributed by atoms with Crippen LogP contribution in [0.25, 0.3) is 0 Å². The summed E-state index contributed by atoms with van der Waals surface area (Å²) in [6.07, 6.45) is 3.10. The lowest BCUT2D eigenvalue weighted by molar-refractivity contribution is 0.0734. The average Bonchev–Trinajstić information content (AvgIpc) is 2.40. The van der Waals surface area contributed by atoms with E-state index in [0.717, 1.165) is 0 Å². The van der Waals surface area contributed by atoms with Gasteiger partial charge in [0.05, 0.1) is 18.9 Å². The standard InChI is InChI=1S/C13H11NO3/c1-16-11-5-2-4-10(8-11)13(15)17-12-6-3-7-14-9-12/h2-9H,1H3. The zero-order valence-corrected chi connectivity index (χ0v) is 9.29. The maximum Gasteiger partial charge on any atom is 0.343 e. The number of ether oxygens (including phenoxy) is 2. The molecule has 0 aliphatic carbocycles. The molecule has 4 heteroatoms. The van der Waals surface area contributed by atoms with E-state index >= 15 is 0 Å². The number of benzene rings is 1. The lowest BCUT2D eigenvalue weighted by Crippen LogP contribution is -2.08. The fourth-order valence-electron chi connectivity index (χ4n) is 1.32. The molecule has 0 aliphatic heterocycles. The predicted octanol–water partition coefficient (Wildman–Crippen LogP) is 2.31. The van der Waals surface area contributed by atoms with Crippen molar-refractivity contribution >= 4 is 5.97 Å². The van der Waals surface area contributed by atoms with E-state index in [9.17, 15) is 4.79 Å². The fraction of sp³-hybridized carbons (Fsp3) is 0.0769. The third-order valence-electron chi connectivity index (χ3n) is 2.15. The van der Waals surface area contributed by atoms with Gasteiger partial charge in [-0.15, -0.1) is 0 Å². The zero-order valence-electron chi connectivity index (χ0n) is 9.29. The first-order chi connectivity index (χ1) is 8.29. The van der Waals surface area contributed by atoms with Gasteiger partial charge in [0.1, 0.15) is 11.5 Å². The molecule has 1 heterocycles. The van der Waals surface area contributed by atoms with Gasteiger partial charge in [-0.1, -0.05) is 6.07 Å². The minimum atomic E-state index is -0.433. The second-order valence-electron chi connectivity index (χ2n) is 3.31. The zero-order chi connectivity index (χ0) is 12.1. The highest BCUT2D eigenvalue weighted by Crippen LogP contribution is 2.15. The Morgan fingerprint density at radius 3 is 2.71 bits per heavy atom. The number of nitrogens with zero attached hydrogens (tertiary/aromatic N) is 1. The van der Waals surface area contributed by atoms with Gasteiger partial charge in [-0.05, 0) is 30.3 Å². The largest absolute Gasteiger partial charge is 0.497 e. The number of hydrogen-bond acceptors (Lipinski definition) is 4. The van der Waals surface area contributed by atoms with Crippen LogP contribution in [-0.4, -0.2) is 18.1 Å². The Labute approximate surface area is 98.8 Å². The van der Waals surface area contributed by atoms with Gasteiger partial charge in [0.15, 0.2) is 0 Å². The number of rotatable bonds is 3. The molecule has 1 aromatic carbocycles. The lowest BCUT2D eigenvalue weighted by Gasteiger charge is -2.05. The van der Waals surface area contributed by atoms with E-state index in [1.54, 1.807) is 49.7 Å². The highest BCUT2D eigenvalue weighted by atomic mass is 16.5. The SMILES string of the molecule is COc1cccc(C(=O)Oc2cccnc2)c1. The number of carbonyl (C=O) groups is 1. The number of aromatic nitrogens is 1. The lowest BCUT2D eigenvalue weighted by atomic mass is 10.2. The summed E-state index contributed by atoms with van der Waals surface area (Å²) in [6.45, 7) is 0. The van der Waals surface area contributed by atoms with Crippen molar-refractivity contribution in [1.82, 2.24) is 4.98 Å². The summed E-state index contributed by atoms with van der Waals surface area (Å²) in [5, 5.41) is 0. The molecule has 0 N–H and O–H groups in total. The Balaban J connectivity index is 2.14. The molecule has 0 saturated heterocycles. The molecule has 0 saturated carbocycles. The van der Waals surface area contributed by atoms with E-state index in [-0.39, 0.29) is 0 Å². The van der Waals surface area contributed by atoms with Crippen molar-refractivity contribution in [3.05, 3.63) is 54.4 Å². The average molecular weight is 229 g/mol. The summed E-state index contributed by atoms with van der Waals surface area (Å²) >= 11 is 0. The number of hydrogen-bond donors (Lipinski definition) is 0. The van der Waals surface area contributed by atoms with Crippen LogP contribution >= 0.6 is 0 Å². The van der Waals surface area contributed by atoms with Gasteiger partial charge in [-0.25, -0.2) is 4.79 Å². The monoisotopic (exact) mass is 229 g/mol. The molecule has 0 bridgehead atoms. The number of methoxy groups -OCH3 is 1. The van der Waals surface area contributed by atoms with Crippen molar-refractivity contribution in [2.75, 3.05) is 7.11 Å². The van der Waals surface area contributed by atoms with Crippen molar-refractivity contribution in [3.8, 4) is 11.5 Å². The van der Waals surface area contributed by atoms with Crippen LogP contribution in [-0.2, 0) is 0 Å². The van der Waals surface area contributed by atoms with E-state index in [0.29, 0.717) is 17.1 Å². The van der Waals surface area contributed by atoms with Crippen LogP contribution < -0.4 is 9.47 Å². The Bertz CT molecular complexity index is 511. The van der Waals surface area contributed by atoms with Gasteiger partial charge >= 0.3 is 5.97 Å². The third-order valence-corrected chi connectivity index (χ3v) is 2.15. The summed E-state index contributed by atoms with van der Waals surface area (Å²) in [4.78, 5) is 15.6. The summed E-state index contributed by atoms with van der Waals surface area (Å²) in [5.41, 5.74) is 0.438. The van der Waals surface area contributed by atoms with Crippen molar-refractivity contribution in [1.29, 1.82) is 0 Å². The minimum absolute atomic E-state index is 0.417. The van der Waals surface area contributed by atoms with E-state index in [1.165, 1.54) is 6.20 Å². The summed E-state index contributed by atoms with van der Waals surface area (Å²) in [6, 6.07) is 10.2. The van der Waals surface area contributed by atoms with Gasteiger partial charge in [-0.2, -0.15) is 0 Å². The molecule has 2 rings (SSSR count). The number of pyridine rings is 1. The fourth-order valence-corrected chi connectivity index (χ4v) is 1.32. The van der Waals surface area contributed by atoms with Crippen LogP contribution in [0.5, 0.6) is 11.5 Å². The van der Waals surface area contributed by atoms with Crippen LogP contribution in [0.2, 0.25) is 0 Å². The molecule has 0 spiro atoms. The maximum absolute atomic E-state index is 11.8. The molecule has 1 aromatic heterocycles. The normalized spacial score (nSPS) is 9.71. The van der Waals surface area contributed by atoms with E-state index in [4.69, 9.17) is 9.47 Å². The molecule has 0 atom stereocenters. The highest BCUT2D eigenvalue weighted by molar-refractivity contribution is 5.91. The number of carbonyl (C=O) groups excluding carboxylic acids is 1. The van der Waals surface area contributed by atoms with Crippen LogP contribution in [0.15, 0.2) is 48.8 Å². The second-order valence-corrected chi connectivity index (χ2v) is 3.31. The topological polar surface area (TPSA) is 48.4 Å². The Morgan fingerprint density at radius 2 is 2.00 bits per heavy atom. The maximum atomic E-state index is 11.8. The van der Waals surface area contributed by atoms with E-state index < -0.39 is 5.97 Å². The molecule has 0 fully saturated rings. The quantitative estimate of drug-likeness (QED) is 0.758.